The second kappa shape index (κ2) is 4.74. The zero-order valence-electron chi connectivity index (χ0n) is 9.71. The molecule has 4 heteroatoms. The number of primary amides is 1. The SMILES string of the molecule is Cc1cc(OCC(C)(C)C(N)=O)ccc1Cl. The van der Waals surface area contributed by atoms with Crippen molar-refractivity contribution in [2.75, 3.05) is 6.61 Å². The molecule has 0 aliphatic rings. The summed E-state index contributed by atoms with van der Waals surface area (Å²) < 4.78 is 5.51. The lowest BCUT2D eigenvalue weighted by Gasteiger charge is -2.20. The predicted molar refractivity (Wildman–Crippen MR) is 64.7 cm³/mol. The van der Waals surface area contributed by atoms with Crippen molar-refractivity contribution in [3.05, 3.63) is 28.8 Å². The summed E-state index contributed by atoms with van der Waals surface area (Å²) in [6.07, 6.45) is 0. The summed E-state index contributed by atoms with van der Waals surface area (Å²) in [4.78, 5) is 11.1. The molecule has 0 heterocycles. The van der Waals surface area contributed by atoms with Crippen LogP contribution in [0.1, 0.15) is 19.4 Å². The maximum absolute atomic E-state index is 11.1. The zero-order valence-corrected chi connectivity index (χ0v) is 10.5. The van der Waals surface area contributed by atoms with Crippen LogP contribution in [0.4, 0.5) is 0 Å². The van der Waals surface area contributed by atoms with Gasteiger partial charge in [0.25, 0.3) is 0 Å². The minimum atomic E-state index is -0.673. The summed E-state index contributed by atoms with van der Waals surface area (Å²) in [5.74, 6) is 0.314. The van der Waals surface area contributed by atoms with Gasteiger partial charge in [-0.05, 0) is 44.5 Å². The van der Waals surface area contributed by atoms with Gasteiger partial charge in [0.15, 0.2) is 0 Å². The van der Waals surface area contributed by atoms with Gasteiger partial charge >= 0.3 is 0 Å². The van der Waals surface area contributed by atoms with Crippen molar-refractivity contribution in [1.29, 1.82) is 0 Å². The van der Waals surface area contributed by atoms with E-state index in [-0.39, 0.29) is 12.5 Å². The number of nitrogens with two attached hydrogens (primary N) is 1. The second-order valence-electron chi connectivity index (χ2n) is 4.45. The fraction of sp³-hybridized carbons (Fsp3) is 0.417. The molecule has 1 aromatic rings. The molecule has 0 radical (unpaired) electrons. The molecule has 0 aliphatic heterocycles. The van der Waals surface area contributed by atoms with E-state index in [1.54, 1.807) is 26.0 Å². The van der Waals surface area contributed by atoms with E-state index in [0.29, 0.717) is 10.8 Å². The van der Waals surface area contributed by atoms with Gasteiger partial charge in [-0.15, -0.1) is 0 Å². The monoisotopic (exact) mass is 241 g/mol. The van der Waals surface area contributed by atoms with Crippen LogP contribution in [0, 0.1) is 12.3 Å². The Hall–Kier alpha value is -1.22. The number of carbonyl (C=O) groups excluding carboxylic acids is 1. The number of rotatable bonds is 4. The van der Waals surface area contributed by atoms with Crippen LogP contribution in [0.3, 0.4) is 0 Å². The number of aryl methyl sites for hydroxylation is 1. The fourth-order valence-corrected chi connectivity index (χ4v) is 1.16. The van der Waals surface area contributed by atoms with Crippen LogP contribution in [-0.2, 0) is 4.79 Å². The molecule has 0 aliphatic carbocycles. The minimum Gasteiger partial charge on any atom is -0.492 e. The van der Waals surface area contributed by atoms with Gasteiger partial charge in [-0.2, -0.15) is 0 Å². The molecule has 0 spiro atoms. The molecule has 16 heavy (non-hydrogen) atoms. The van der Waals surface area contributed by atoms with Gasteiger partial charge in [-0.25, -0.2) is 0 Å². The molecule has 1 amide bonds. The van der Waals surface area contributed by atoms with Crippen molar-refractivity contribution in [3.8, 4) is 5.75 Å². The van der Waals surface area contributed by atoms with Crippen molar-refractivity contribution in [1.82, 2.24) is 0 Å². The molecule has 3 nitrogen and oxygen atoms in total. The van der Waals surface area contributed by atoms with E-state index in [1.807, 2.05) is 13.0 Å². The summed E-state index contributed by atoms with van der Waals surface area (Å²) in [7, 11) is 0. The van der Waals surface area contributed by atoms with E-state index in [4.69, 9.17) is 22.1 Å². The minimum absolute atomic E-state index is 0.253. The van der Waals surface area contributed by atoms with Crippen LogP contribution >= 0.6 is 11.6 Å². The first kappa shape index (κ1) is 12.8. The Morgan fingerprint density at radius 1 is 1.50 bits per heavy atom. The second-order valence-corrected chi connectivity index (χ2v) is 4.85. The van der Waals surface area contributed by atoms with Crippen LogP contribution in [0.5, 0.6) is 5.75 Å². The Kier molecular flexibility index (Phi) is 3.81. The van der Waals surface area contributed by atoms with Gasteiger partial charge in [-0.1, -0.05) is 11.6 Å². The average molecular weight is 242 g/mol. The van der Waals surface area contributed by atoms with Crippen LogP contribution in [0.2, 0.25) is 5.02 Å². The highest BCUT2D eigenvalue weighted by Gasteiger charge is 2.25. The van der Waals surface area contributed by atoms with E-state index in [9.17, 15) is 4.79 Å². The molecule has 0 unspecified atom stereocenters. The van der Waals surface area contributed by atoms with Crippen LogP contribution in [0.25, 0.3) is 0 Å². The van der Waals surface area contributed by atoms with Gasteiger partial charge < -0.3 is 10.5 Å². The molecule has 0 saturated carbocycles. The van der Waals surface area contributed by atoms with Crippen LogP contribution in [0.15, 0.2) is 18.2 Å². The quantitative estimate of drug-likeness (QED) is 0.881. The number of amides is 1. The van der Waals surface area contributed by atoms with Gasteiger partial charge in [0.2, 0.25) is 5.91 Å². The van der Waals surface area contributed by atoms with Gasteiger partial charge in [0.05, 0.1) is 5.41 Å². The standard InChI is InChI=1S/C12H16ClNO2/c1-8-6-9(4-5-10(8)13)16-7-12(2,3)11(14)15/h4-6H,7H2,1-3H3,(H2,14,15). The van der Waals surface area contributed by atoms with Gasteiger partial charge in [0, 0.05) is 5.02 Å². The fourth-order valence-electron chi connectivity index (χ4n) is 1.04. The third-order valence-electron chi connectivity index (χ3n) is 2.40. The first-order valence-corrected chi connectivity index (χ1v) is 5.39. The highest BCUT2D eigenvalue weighted by atomic mass is 35.5. The van der Waals surface area contributed by atoms with Crippen molar-refractivity contribution in [2.45, 2.75) is 20.8 Å². The Morgan fingerprint density at radius 3 is 2.62 bits per heavy atom. The van der Waals surface area contributed by atoms with E-state index >= 15 is 0 Å². The Labute approximate surface area is 101 Å². The molecule has 1 rings (SSSR count). The normalized spacial score (nSPS) is 11.2. The van der Waals surface area contributed by atoms with E-state index in [1.165, 1.54) is 0 Å². The topological polar surface area (TPSA) is 52.3 Å². The summed E-state index contributed by atoms with van der Waals surface area (Å²) >= 11 is 5.89. The van der Waals surface area contributed by atoms with Crippen molar-refractivity contribution in [3.63, 3.8) is 0 Å². The zero-order chi connectivity index (χ0) is 12.3. The highest BCUT2D eigenvalue weighted by molar-refractivity contribution is 6.31. The van der Waals surface area contributed by atoms with Gasteiger partial charge in [-0.3, -0.25) is 4.79 Å². The molecule has 0 aromatic heterocycles. The van der Waals surface area contributed by atoms with Crippen molar-refractivity contribution >= 4 is 17.5 Å². The summed E-state index contributed by atoms with van der Waals surface area (Å²) in [6.45, 7) is 5.65. The van der Waals surface area contributed by atoms with Crippen LogP contribution < -0.4 is 10.5 Å². The lowest BCUT2D eigenvalue weighted by atomic mass is 9.94. The lowest BCUT2D eigenvalue weighted by Crippen LogP contribution is -2.36. The maximum atomic E-state index is 11.1. The largest absolute Gasteiger partial charge is 0.492 e. The third kappa shape index (κ3) is 3.14. The number of hydrogen-bond acceptors (Lipinski definition) is 2. The molecule has 0 saturated heterocycles. The Balaban J connectivity index is 2.68. The molecule has 0 fully saturated rings. The first-order valence-electron chi connectivity index (χ1n) is 5.02. The predicted octanol–water partition coefficient (Wildman–Crippen LogP) is 2.54. The third-order valence-corrected chi connectivity index (χ3v) is 2.82. The van der Waals surface area contributed by atoms with Gasteiger partial charge in [0.1, 0.15) is 12.4 Å². The van der Waals surface area contributed by atoms with Crippen molar-refractivity contribution < 1.29 is 9.53 Å². The summed E-state index contributed by atoms with van der Waals surface area (Å²) in [5.41, 5.74) is 5.52. The van der Waals surface area contributed by atoms with E-state index in [2.05, 4.69) is 0 Å². The molecule has 2 N–H and O–H groups in total. The maximum Gasteiger partial charge on any atom is 0.226 e. The molecule has 0 atom stereocenters. The number of halogens is 1. The molecule has 88 valence electrons. The molecular weight excluding hydrogens is 226 g/mol. The Bertz CT molecular complexity index is 402. The summed E-state index contributed by atoms with van der Waals surface area (Å²) in [5, 5.41) is 0.696. The molecular formula is C12H16ClNO2. The number of ether oxygens (including phenoxy) is 1. The molecule has 1 aromatic carbocycles. The van der Waals surface area contributed by atoms with E-state index < -0.39 is 5.41 Å². The first-order chi connectivity index (χ1) is 7.33. The number of benzene rings is 1. The smallest absolute Gasteiger partial charge is 0.226 e. The molecule has 0 bridgehead atoms. The number of hydrogen-bond donors (Lipinski definition) is 1. The summed E-state index contributed by atoms with van der Waals surface area (Å²) in [6, 6.07) is 5.37. The van der Waals surface area contributed by atoms with Crippen LogP contribution in [-0.4, -0.2) is 12.5 Å². The van der Waals surface area contributed by atoms with Crippen molar-refractivity contribution in [2.24, 2.45) is 11.1 Å². The highest BCUT2D eigenvalue weighted by Crippen LogP contribution is 2.23. The average Bonchev–Trinajstić information content (AvgIpc) is 2.20. The lowest BCUT2D eigenvalue weighted by molar-refractivity contribution is -0.127. The number of carbonyl (C=O) groups is 1. The Morgan fingerprint density at radius 2 is 2.12 bits per heavy atom. The van der Waals surface area contributed by atoms with E-state index in [0.717, 1.165) is 5.56 Å².